The van der Waals surface area contributed by atoms with Crippen LogP contribution in [0.5, 0.6) is 0 Å². The Morgan fingerprint density at radius 1 is 1.33 bits per heavy atom. The molecule has 2 atom stereocenters. The molecular weight excluding hydrogens is 541 g/mol. The van der Waals surface area contributed by atoms with Crippen molar-refractivity contribution in [3.8, 4) is 12.1 Å². The summed E-state index contributed by atoms with van der Waals surface area (Å²) in [5, 5.41) is 26.8. The van der Waals surface area contributed by atoms with Crippen LogP contribution in [0.15, 0.2) is 48.4 Å². The van der Waals surface area contributed by atoms with E-state index in [1.165, 1.54) is 0 Å². The van der Waals surface area contributed by atoms with Crippen LogP contribution in [-0.2, 0) is 12.1 Å². The van der Waals surface area contributed by atoms with Crippen LogP contribution in [0.2, 0.25) is 0 Å². The molecule has 4 heterocycles. The number of nitriles is 2. The van der Waals surface area contributed by atoms with Crippen molar-refractivity contribution in [2.75, 3.05) is 32.0 Å². The number of nitrogens with one attached hydrogen (secondary N) is 2. The molecule has 224 valence electrons. The molecular formula is C33H40FN9. The van der Waals surface area contributed by atoms with Crippen molar-refractivity contribution in [2.24, 2.45) is 4.99 Å². The Bertz CT molecular complexity index is 1560. The quantitative estimate of drug-likeness (QED) is 0.277. The second-order valence-corrected chi connectivity index (χ2v) is 11.8. The van der Waals surface area contributed by atoms with Crippen molar-refractivity contribution >= 4 is 23.3 Å². The van der Waals surface area contributed by atoms with Crippen LogP contribution < -0.4 is 5.32 Å². The minimum absolute atomic E-state index is 0.0660. The van der Waals surface area contributed by atoms with Gasteiger partial charge in [-0.2, -0.15) is 15.6 Å². The summed E-state index contributed by atoms with van der Waals surface area (Å²) in [5.41, 5.74) is 3.45. The summed E-state index contributed by atoms with van der Waals surface area (Å²) in [6, 6.07) is 10.6. The first-order valence-electron chi connectivity index (χ1n) is 15.0. The van der Waals surface area contributed by atoms with Crippen LogP contribution in [-0.4, -0.2) is 69.5 Å². The molecule has 0 aliphatic carbocycles. The minimum Gasteiger partial charge on any atom is -0.387 e. The van der Waals surface area contributed by atoms with Crippen LogP contribution in [0.3, 0.4) is 0 Å². The Hall–Kier alpha value is -4.25. The van der Waals surface area contributed by atoms with Gasteiger partial charge in [0.1, 0.15) is 28.8 Å². The summed E-state index contributed by atoms with van der Waals surface area (Å²) in [7, 11) is 1.69. The molecule has 43 heavy (non-hydrogen) atoms. The van der Waals surface area contributed by atoms with Gasteiger partial charge >= 0.3 is 0 Å². The highest BCUT2D eigenvalue weighted by molar-refractivity contribution is 5.83. The summed E-state index contributed by atoms with van der Waals surface area (Å²) >= 11 is 0. The van der Waals surface area contributed by atoms with E-state index in [1.54, 1.807) is 19.2 Å². The van der Waals surface area contributed by atoms with Gasteiger partial charge in [-0.1, -0.05) is 26.0 Å². The summed E-state index contributed by atoms with van der Waals surface area (Å²) in [6.07, 6.45) is 11.9. The standard InChI is InChI=1S/C33H40FN9/c1-5-6-13-38-32-28(9-14-39-32)24(3)26-18-40-43(20-26)33(11-12-35)21-42(22-33)27-10-15-41(23(2)16-27)19-25-7-8-30(37-4)29(17-36)31(25)34/h7-9,13-14,18,20,23,27,37,39H,3,5-6,10-11,15-16,19,21-22H2,1-2,4H3. The molecule has 2 fully saturated rings. The van der Waals surface area contributed by atoms with E-state index >= 15 is 4.39 Å². The summed E-state index contributed by atoms with van der Waals surface area (Å²) < 4.78 is 17.0. The van der Waals surface area contributed by atoms with Gasteiger partial charge in [0.25, 0.3) is 0 Å². The zero-order valence-electron chi connectivity index (χ0n) is 25.3. The number of hydrogen-bond acceptors (Lipinski definition) is 7. The number of rotatable bonds is 11. The van der Waals surface area contributed by atoms with Gasteiger partial charge < -0.3 is 10.3 Å². The minimum atomic E-state index is -0.439. The third kappa shape index (κ3) is 5.99. The van der Waals surface area contributed by atoms with E-state index in [0.717, 1.165) is 67.8 Å². The number of hydrogen-bond donors (Lipinski definition) is 2. The lowest BCUT2D eigenvalue weighted by Crippen LogP contribution is -2.66. The first-order chi connectivity index (χ1) is 20.8. The monoisotopic (exact) mass is 581 g/mol. The maximum atomic E-state index is 15.1. The number of nitrogens with zero attached hydrogens (tertiary/aromatic N) is 7. The van der Waals surface area contributed by atoms with Crippen molar-refractivity contribution in [3.63, 3.8) is 0 Å². The number of benzene rings is 1. The molecule has 9 nitrogen and oxygen atoms in total. The van der Waals surface area contributed by atoms with Crippen molar-refractivity contribution in [2.45, 2.75) is 70.1 Å². The van der Waals surface area contributed by atoms with Gasteiger partial charge in [-0.15, -0.1) is 0 Å². The van der Waals surface area contributed by atoms with Crippen molar-refractivity contribution in [1.82, 2.24) is 24.6 Å². The van der Waals surface area contributed by atoms with E-state index in [2.05, 4.69) is 51.6 Å². The first-order valence-corrected chi connectivity index (χ1v) is 15.0. The van der Waals surface area contributed by atoms with E-state index in [-0.39, 0.29) is 17.1 Å². The van der Waals surface area contributed by atoms with E-state index < -0.39 is 5.82 Å². The molecule has 2 N–H and O–H groups in total. The predicted octanol–water partition coefficient (Wildman–Crippen LogP) is 5.81. The highest BCUT2D eigenvalue weighted by atomic mass is 19.1. The van der Waals surface area contributed by atoms with Gasteiger partial charge in [0.2, 0.25) is 0 Å². The lowest BCUT2D eigenvalue weighted by Gasteiger charge is -2.54. The van der Waals surface area contributed by atoms with E-state index in [9.17, 15) is 10.5 Å². The number of halogens is 1. The Labute approximate surface area is 253 Å². The fourth-order valence-corrected chi connectivity index (χ4v) is 6.38. The average molecular weight is 582 g/mol. The van der Waals surface area contributed by atoms with Crippen molar-refractivity contribution < 1.29 is 4.39 Å². The highest BCUT2D eigenvalue weighted by Crippen LogP contribution is 2.38. The summed E-state index contributed by atoms with van der Waals surface area (Å²) in [5.74, 6) is 0.349. The summed E-state index contributed by atoms with van der Waals surface area (Å²) in [4.78, 5) is 12.5. The number of H-pyrrole nitrogens is 1. The van der Waals surface area contributed by atoms with E-state index in [1.807, 2.05) is 41.6 Å². The van der Waals surface area contributed by atoms with Crippen LogP contribution in [0.4, 0.5) is 15.9 Å². The third-order valence-corrected chi connectivity index (χ3v) is 8.99. The average Bonchev–Trinajstić information content (AvgIpc) is 3.67. The maximum Gasteiger partial charge on any atom is 0.147 e. The van der Waals surface area contributed by atoms with E-state index in [4.69, 9.17) is 5.10 Å². The number of aliphatic imine (C=N–C) groups is 1. The molecule has 2 aromatic heterocycles. The zero-order valence-corrected chi connectivity index (χ0v) is 25.3. The van der Waals surface area contributed by atoms with Gasteiger partial charge in [-0.25, -0.2) is 9.38 Å². The molecule has 0 spiro atoms. The normalized spacial score (nSPS) is 20.4. The molecule has 2 saturated heterocycles. The van der Waals surface area contributed by atoms with Crippen LogP contribution >= 0.6 is 0 Å². The lowest BCUT2D eigenvalue weighted by atomic mass is 9.83. The molecule has 3 aromatic rings. The Kier molecular flexibility index (Phi) is 9.10. The number of aromatic nitrogens is 3. The van der Waals surface area contributed by atoms with E-state index in [0.29, 0.717) is 30.3 Å². The smallest absolute Gasteiger partial charge is 0.147 e. The molecule has 0 amide bonds. The van der Waals surface area contributed by atoms with Gasteiger partial charge in [-0.05, 0) is 43.9 Å². The summed E-state index contributed by atoms with van der Waals surface area (Å²) in [6.45, 7) is 11.5. The number of aromatic amines is 1. The van der Waals surface area contributed by atoms with Gasteiger partial charge in [0.15, 0.2) is 0 Å². The number of anilines is 1. The molecule has 0 radical (unpaired) electrons. The molecule has 2 unspecified atom stereocenters. The molecule has 5 rings (SSSR count). The Morgan fingerprint density at radius 3 is 2.84 bits per heavy atom. The molecule has 10 heteroatoms. The second kappa shape index (κ2) is 12.9. The highest BCUT2D eigenvalue weighted by Gasteiger charge is 2.48. The maximum absolute atomic E-state index is 15.1. The molecule has 0 saturated carbocycles. The van der Waals surface area contributed by atoms with Gasteiger partial charge in [-0.3, -0.25) is 14.5 Å². The lowest BCUT2D eigenvalue weighted by molar-refractivity contribution is -0.0520. The zero-order chi connectivity index (χ0) is 30.6. The molecule has 1 aromatic carbocycles. The number of piperidine rings is 1. The van der Waals surface area contributed by atoms with Gasteiger partial charge in [0, 0.05) is 80.6 Å². The second-order valence-electron chi connectivity index (χ2n) is 11.8. The van der Waals surface area contributed by atoms with Crippen LogP contribution in [0, 0.1) is 28.5 Å². The Balaban J connectivity index is 1.22. The predicted molar refractivity (Wildman–Crippen MR) is 168 cm³/mol. The topological polar surface area (TPSA) is 112 Å². The largest absolute Gasteiger partial charge is 0.387 e. The third-order valence-electron chi connectivity index (χ3n) is 8.99. The molecule has 2 aliphatic rings. The molecule has 2 aliphatic heterocycles. The fourth-order valence-electron chi connectivity index (χ4n) is 6.38. The SMILES string of the molecule is C=C(c1cnn(C2(CC#N)CN(C3CCN(Cc4ccc(NC)c(C#N)c4F)C(C)C3)C2)c1)c1cc[nH]c1N=CCCC. The number of likely N-dealkylation sites (tertiary alicyclic amines) is 2. The van der Waals surface area contributed by atoms with Crippen molar-refractivity contribution in [1.29, 1.82) is 10.5 Å². The first kappa shape index (κ1) is 30.2. The van der Waals surface area contributed by atoms with Crippen LogP contribution in [0.25, 0.3) is 5.57 Å². The van der Waals surface area contributed by atoms with Crippen molar-refractivity contribution in [3.05, 3.63) is 71.4 Å². The number of unbranched alkanes of at least 4 members (excludes halogenated alkanes) is 1. The molecule has 0 bridgehead atoms. The van der Waals surface area contributed by atoms with Gasteiger partial charge in [0.05, 0.1) is 24.4 Å². The fraction of sp³-hybridized carbons (Fsp3) is 0.455. The van der Waals surface area contributed by atoms with Crippen LogP contribution in [0.1, 0.15) is 68.2 Å². The Morgan fingerprint density at radius 2 is 2.14 bits per heavy atom.